The molecule has 0 unspecified atom stereocenters. The number of carbonyl (C=O) groups is 3. The molecule has 3 rings (SSSR count). The highest BCUT2D eigenvalue weighted by Crippen LogP contribution is 2.35. The average Bonchev–Trinajstić information content (AvgIpc) is 2.90. The lowest BCUT2D eigenvalue weighted by molar-refractivity contribution is -0.0253. The molecule has 3 aromatic carbocycles. The van der Waals surface area contributed by atoms with E-state index in [0.717, 1.165) is 24.3 Å². The van der Waals surface area contributed by atoms with E-state index in [4.69, 9.17) is 88.6 Å². The Bertz CT molecular complexity index is 1330. The molecule has 40 heavy (non-hydrogen) atoms. The van der Waals surface area contributed by atoms with E-state index < -0.39 is 48.7 Å². The fourth-order valence-electron chi connectivity index (χ4n) is 3.08. The molecule has 0 saturated heterocycles. The molecular weight excluding hydrogens is 657 g/mol. The molecule has 2 N–H and O–H groups in total. The molecule has 0 bridgehead atoms. The maximum Gasteiger partial charge on any atom is 0.338 e. The van der Waals surface area contributed by atoms with Crippen molar-refractivity contribution in [2.75, 3.05) is 20.3 Å². The van der Waals surface area contributed by atoms with E-state index in [9.17, 15) is 24.6 Å². The quantitative estimate of drug-likeness (QED) is 0.178. The highest BCUT2D eigenvalue weighted by atomic mass is 35.5. The molecule has 9 nitrogen and oxygen atoms in total. The molecule has 3 aromatic rings. The summed E-state index contributed by atoms with van der Waals surface area (Å²) in [4.78, 5) is 38.0. The van der Waals surface area contributed by atoms with Crippen molar-refractivity contribution in [3.05, 3.63) is 83.2 Å². The molecule has 212 valence electrons. The highest BCUT2D eigenvalue weighted by Gasteiger charge is 2.24. The van der Waals surface area contributed by atoms with Gasteiger partial charge in [-0.15, -0.1) is 0 Å². The fourth-order valence-corrected chi connectivity index (χ4v) is 4.69. The number of hydrogen-bond acceptors (Lipinski definition) is 9. The summed E-state index contributed by atoms with van der Waals surface area (Å²) in [6, 6.07) is 6.95. The van der Waals surface area contributed by atoms with Gasteiger partial charge in [-0.2, -0.15) is 0 Å². The van der Waals surface area contributed by atoms with Crippen molar-refractivity contribution in [1.29, 1.82) is 0 Å². The second-order valence-electron chi connectivity index (χ2n) is 7.77. The molecule has 0 aliphatic rings. The van der Waals surface area contributed by atoms with Crippen LogP contribution >= 0.6 is 69.6 Å². The van der Waals surface area contributed by atoms with Crippen molar-refractivity contribution in [2.24, 2.45) is 0 Å². The minimum atomic E-state index is -1.34. The summed E-state index contributed by atoms with van der Waals surface area (Å²) in [5.41, 5.74) is -0.304. The second kappa shape index (κ2) is 13.7. The van der Waals surface area contributed by atoms with Crippen LogP contribution in [0.5, 0.6) is 17.2 Å². The predicted molar refractivity (Wildman–Crippen MR) is 149 cm³/mol. The zero-order valence-electron chi connectivity index (χ0n) is 20.0. The Hall–Kier alpha value is -2.79. The average molecular weight is 673 g/mol. The number of phenols is 2. The zero-order chi connectivity index (χ0) is 29.7. The molecule has 0 spiro atoms. The number of benzene rings is 3. The Morgan fingerprint density at radius 2 is 0.950 bits per heavy atom. The summed E-state index contributed by atoms with van der Waals surface area (Å²) in [5.74, 6) is -3.55. The Balaban J connectivity index is 1.79. The second-order valence-corrected chi connectivity index (χ2v) is 10.2. The fraction of sp³-hybridized carbons (Fsp3) is 0.160. The van der Waals surface area contributed by atoms with Crippen LogP contribution in [0.15, 0.2) is 36.4 Å². The van der Waals surface area contributed by atoms with Gasteiger partial charge >= 0.3 is 17.9 Å². The van der Waals surface area contributed by atoms with Crippen LogP contribution in [-0.2, 0) is 14.2 Å². The van der Waals surface area contributed by atoms with Crippen molar-refractivity contribution in [2.45, 2.75) is 6.10 Å². The third kappa shape index (κ3) is 7.69. The molecule has 0 atom stereocenters. The van der Waals surface area contributed by atoms with E-state index in [0.29, 0.717) is 0 Å². The van der Waals surface area contributed by atoms with Crippen LogP contribution in [0.3, 0.4) is 0 Å². The molecule has 0 radical (unpaired) electrons. The standard InChI is InChI=1S/C25H16Cl6O9/c1-37-22-18(30)6-12(7-19(22)31)25(36)40-13(8-38-23(34)10-2-14(26)20(32)15(27)3-10)9-39-24(35)11-4-16(28)21(33)17(29)5-11/h2-7,13,32-33H,8-9H2,1H3. The molecule has 0 aromatic heterocycles. The van der Waals surface area contributed by atoms with Gasteiger partial charge in [0.1, 0.15) is 13.2 Å². The van der Waals surface area contributed by atoms with E-state index in [2.05, 4.69) is 0 Å². The third-order valence-corrected chi connectivity index (χ3v) is 6.73. The number of ether oxygens (including phenoxy) is 4. The minimum Gasteiger partial charge on any atom is -0.505 e. The van der Waals surface area contributed by atoms with Crippen molar-refractivity contribution in [3.63, 3.8) is 0 Å². The Morgan fingerprint density at radius 3 is 1.30 bits per heavy atom. The summed E-state index contributed by atoms with van der Waals surface area (Å²) in [5, 5.41) is 18.7. The summed E-state index contributed by atoms with van der Waals surface area (Å²) in [6.45, 7) is -1.19. The van der Waals surface area contributed by atoms with Crippen LogP contribution in [0.25, 0.3) is 0 Å². The molecule has 15 heteroatoms. The lowest BCUT2D eigenvalue weighted by Gasteiger charge is -2.19. The SMILES string of the molecule is COc1c(Cl)cc(C(=O)OC(COC(=O)c2cc(Cl)c(O)c(Cl)c2)COC(=O)c2cc(Cl)c(O)c(Cl)c2)cc1Cl. The van der Waals surface area contributed by atoms with Gasteiger partial charge in [-0.1, -0.05) is 69.6 Å². The summed E-state index contributed by atoms with van der Waals surface area (Å²) in [6.07, 6.45) is -1.34. The van der Waals surface area contributed by atoms with Crippen molar-refractivity contribution < 1.29 is 43.5 Å². The molecule has 0 amide bonds. The Kier molecular flexibility index (Phi) is 10.9. The van der Waals surface area contributed by atoms with Gasteiger partial charge in [0.05, 0.1) is 53.9 Å². The number of aromatic hydroxyl groups is 2. The van der Waals surface area contributed by atoms with Crippen molar-refractivity contribution >= 4 is 87.5 Å². The van der Waals surface area contributed by atoms with Gasteiger partial charge in [0.2, 0.25) is 0 Å². The van der Waals surface area contributed by atoms with Crippen LogP contribution < -0.4 is 4.74 Å². The third-order valence-electron chi connectivity index (χ3n) is 5.02. The van der Waals surface area contributed by atoms with Gasteiger partial charge in [-0.3, -0.25) is 0 Å². The lowest BCUT2D eigenvalue weighted by Crippen LogP contribution is -2.31. The maximum atomic E-state index is 12.9. The van der Waals surface area contributed by atoms with E-state index in [1.54, 1.807) is 0 Å². The molecule has 0 fully saturated rings. The van der Waals surface area contributed by atoms with Gasteiger partial charge in [-0.25, -0.2) is 14.4 Å². The number of rotatable bonds is 9. The number of hydrogen-bond donors (Lipinski definition) is 2. The van der Waals surface area contributed by atoms with Crippen LogP contribution in [-0.4, -0.2) is 54.5 Å². The molecule has 0 saturated carbocycles. The summed E-state index contributed by atoms with van der Waals surface area (Å²) in [7, 11) is 1.34. The first-order chi connectivity index (χ1) is 18.8. The largest absolute Gasteiger partial charge is 0.505 e. The molecule has 0 aliphatic heterocycles. The maximum absolute atomic E-state index is 12.9. The normalized spacial score (nSPS) is 10.8. The Labute approximate surface area is 256 Å². The number of esters is 3. The van der Waals surface area contributed by atoms with E-state index >= 15 is 0 Å². The highest BCUT2D eigenvalue weighted by molar-refractivity contribution is 6.38. The van der Waals surface area contributed by atoms with Gasteiger partial charge in [-0.05, 0) is 36.4 Å². The monoisotopic (exact) mass is 670 g/mol. The van der Waals surface area contributed by atoms with Crippen LogP contribution in [0.1, 0.15) is 31.1 Å². The van der Waals surface area contributed by atoms with Gasteiger partial charge in [0.15, 0.2) is 23.4 Å². The van der Waals surface area contributed by atoms with Crippen molar-refractivity contribution in [1.82, 2.24) is 0 Å². The minimum absolute atomic E-state index is 0.0264. The first kappa shape index (κ1) is 31.7. The smallest absolute Gasteiger partial charge is 0.338 e. The lowest BCUT2D eigenvalue weighted by atomic mass is 10.2. The molecular formula is C25H16Cl6O9. The van der Waals surface area contributed by atoms with E-state index in [1.807, 2.05) is 0 Å². The number of carbonyl (C=O) groups excluding carboxylic acids is 3. The number of halogens is 6. The summed E-state index contributed by atoms with van der Waals surface area (Å²) < 4.78 is 20.8. The summed E-state index contributed by atoms with van der Waals surface area (Å²) >= 11 is 35.6. The number of phenolic OH excluding ortho intramolecular Hbond substituents is 2. The topological polar surface area (TPSA) is 129 Å². The van der Waals surface area contributed by atoms with Crippen molar-refractivity contribution in [3.8, 4) is 17.2 Å². The van der Waals surface area contributed by atoms with Crippen LogP contribution in [0, 0.1) is 0 Å². The first-order valence-electron chi connectivity index (χ1n) is 10.8. The van der Waals surface area contributed by atoms with Gasteiger partial charge < -0.3 is 29.2 Å². The Morgan fingerprint density at radius 1 is 0.625 bits per heavy atom. The van der Waals surface area contributed by atoms with E-state index in [-0.39, 0.29) is 52.6 Å². The predicted octanol–water partition coefficient (Wildman–Crippen LogP) is 7.27. The van der Waals surface area contributed by atoms with Crippen LogP contribution in [0.4, 0.5) is 0 Å². The van der Waals surface area contributed by atoms with E-state index in [1.165, 1.54) is 19.2 Å². The van der Waals surface area contributed by atoms with Gasteiger partial charge in [0, 0.05) is 0 Å². The first-order valence-corrected chi connectivity index (χ1v) is 13.0. The zero-order valence-corrected chi connectivity index (χ0v) is 24.5. The number of methoxy groups -OCH3 is 1. The molecule has 0 heterocycles. The molecule has 0 aliphatic carbocycles. The van der Waals surface area contributed by atoms with Gasteiger partial charge in [0.25, 0.3) is 0 Å². The van der Waals surface area contributed by atoms with Crippen LogP contribution in [0.2, 0.25) is 30.1 Å².